The predicted molar refractivity (Wildman–Crippen MR) is 47.9 cm³/mol. The Labute approximate surface area is 75.5 Å². The molecule has 0 bridgehead atoms. The molecule has 12 heavy (non-hydrogen) atoms. The fourth-order valence-electron chi connectivity index (χ4n) is 0.800. The van der Waals surface area contributed by atoms with Crippen molar-refractivity contribution in [3.63, 3.8) is 0 Å². The van der Waals surface area contributed by atoms with Gasteiger partial charge in [-0.3, -0.25) is 0 Å². The van der Waals surface area contributed by atoms with Gasteiger partial charge in [0.25, 0.3) is 0 Å². The number of aromatic nitrogens is 2. The molecule has 1 heterocycles. The molecule has 66 valence electrons. The van der Waals surface area contributed by atoms with Crippen molar-refractivity contribution in [2.45, 2.75) is 14.8 Å². The van der Waals surface area contributed by atoms with Gasteiger partial charge in [0.15, 0.2) is 0 Å². The predicted octanol–water partition coefficient (Wildman–Crippen LogP) is 1.26. The van der Waals surface area contributed by atoms with Crippen LogP contribution < -0.4 is 0 Å². The molecule has 0 atom stereocenters. The Kier molecular flexibility index (Phi) is 2.46. The Morgan fingerprint density at radius 1 is 1.58 bits per heavy atom. The van der Waals surface area contributed by atoms with E-state index in [1.807, 2.05) is 2.79 Å². The summed E-state index contributed by atoms with van der Waals surface area (Å²) in [5, 5.41) is 8.61. The van der Waals surface area contributed by atoms with Gasteiger partial charge in [-0.2, -0.15) is 0 Å². The number of carboxylic acid groups (broad SMARTS) is 1. The quantitative estimate of drug-likeness (QED) is 0.827. The van der Waals surface area contributed by atoms with Crippen molar-refractivity contribution in [1.82, 2.24) is 7.77 Å². The molecular formula is C7H12N2O2Sn. The van der Waals surface area contributed by atoms with Crippen molar-refractivity contribution in [3.05, 3.63) is 18.2 Å². The van der Waals surface area contributed by atoms with Gasteiger partial charge in [-0.1, -0.05) is 0 Å². The maximum atomic E-state index is 10.5. The minimum atomic E-state index is -2.16. The summed E-state index contributed by atoms with van der Waals surface area (Å²) < 4.78 is 1.98. The number of aromatic carboxylic acids is 1. The van der Waals surface area contributed by atoms with E-state index in [-0.39, 0.29) is 5.69 Å². The summed E-state index contributed by atoms with van der Waals surface area (Å²) in [6, 6.07) is 0. The third-order valence-electron chi connectivity index (χ3n) is 1.58. The van der Waals surface area contributed by atoms with Crippen LogP contribution in [0.4, 0.5) is 0 Å². The number of hydrogen-bond acceptors (Lipinski definition) is 2. The molecule has 5 heteroatoms. The van der Waals surface area contributed by atoms with E-state index in [1.165, 1.54) is 0 Å². The number of imidazole rings is 1. The van der Waals surface area contributed by atoms with Gasteiger partial charge < -0.3 is 0 Å². The second-order valence-electron chi connectivity index (χ2n) is 3.64. The summed E-state index contributed by atoms with van der Waals surface area (Å²) in [6.45, 7) is 0. The molecule has 0 aromatic carbocycles. The summed E-state index contributed by atoms with van der Waals surface area (Å²) in [4.78, 5) is 20.9. The average molecular weight is 275 g/mol. The van der Waals surface area contributed by atoms with Gasteiger partial charge in [0.1, 0.15) is 0 Å². The van der Waals surface area contributed by atoms with Gasteiger partial charge in [-0.15, -0.1) is 0 Å². The Morgan fingerprint density at radius 2 is 2.17 bits per heavy atom. The van der Waals surface area contributed by atoms with Crippen LogP contribution in [0.15, 0.2) is 12.5 Å². The molecule has 1 N–H and O–H groups in total. The third kappa shape index (κ3) is 2.00. The summed E-state index contributed by atoms with van der Waals surface area (Å²) in [5.41, 5.74) is 0.140. The van der Waals surface area contributed by atoms with Gasteiger partial charge in [-0.25, -0.2) is 0 Å². The zero-order chi connectivity index (χ0) is 9.35. The monoisotopic (exact) mass is 276 g/mol. The molecule has 0 saturated carbocycles. The van der Waals surface area contributed by atoms with Crippen molar-refractivity contribution in [2.75, 3.05) is 0 Å². The first-order valence-electron chi connectivity index (χ1n) is 3.69. The Hall–Kier alpha value is -0.521. The van der Waals surface area contributed by atoms with Crippen LogP contribution in [-0.4, -0.2) is 37.5 Å². The van der Waals surface area contributed by atoms with Crippen molar-refractivity contribution < 1.29 is 9.90 Å². The van der Waals surface area contributed by atoms with Crippen molar-refractivity contribution in [2.24, 2.45) is 0 Å². The van der Waals surface area contributed by atoms with Crippen LogP contribution in [0.2, 0.25) is 14.8 Å². The van der Waals surface area contributed by atoms with E-state index in [2.05, 4.69) is 19.8 Å². The zero-order valence-electron chi connectivity index (χ0n) is 7.40. The molecule has 1 aromatic rings. The van der Waals surface area contributed by atoms with Gasteiger partial charge >= 0.3 is 75.3 Å². The standard InChI is InChI=1S/C4H4N2O2.3CH3.Sn/c7-4(8)3-1-5-2-6-3;;;;/h1-2H,(H2,5,6,7,8);3*1H3;/q;;;;+1/p-1. The first-order valence-corrected chi connectivity index (χ1v) is 13.5. The van der Waals surface area contributed by atoms with E-state index >= 15 is 0 Å². The first kappa shape index (κ1) is 9.57. The molecule has 1 rings (SSSR count). The van der Waals surface area contributed by atoms with Crippen LogP contribution in [0.5, 0.6) is 0 Å². The Balaban J connectivity index is 3.00. The SMILES string of the molecule is [CH3][Sn]([CH3])([CH3])[n]1cnc(C(=O)O)c1. The molecule has 0 aliphatic heterocycles. The molecule has 0 spiro atoms. The molecule has 0 radical (unpaired) electrons. The molecule has 0 amide bonds. The van der Waals surface area contributed by atoms with Gasteiger partial charge in [0.05, 0.1) is 0 Å². The maximum absolute atomic E-state index is 10.5. The van der Waals surface area contributed by atoms with Crippen LogP contribution in [-0.2, 0) is 0 Å². The summed E-state index contributed by atoms with van der Waals surface area (Å²) in [7, 11) is 0. The minimum absolute atomic E-state index is 0.140. The second kappa shape index (κ2) is 3.08. The first-order chi connectivity index (χ1) is 5.41. The third-order valence-corrected chi connectivity index (χ3v) is 6.70. The molecule has 0 fully saturated rings. The topological polar surface area (TPSA) is 55.1 Å². The second-order valence-corrected chi connectivity index (χ2v) is 17.5. The van der Waals surface area contributed by atoms with Crippen LogP contribution in [0.25, 0.3) is 0 Å². The molecular weight excluding hydrogens is 263 g/mol. The zero-order valence-corrected chi connectivity index (χ0v) is 10.3. The summed E-state index contributed by atoms with van der Waals surface area (Å²) in [5.74, 6) is -0.954. The molecule has 4 nitrogen and oxygen atoms in total. The van der Waals surface area contributed by atoms with Gasteiger partial charge in [-0.05, 0) is 0 Å². The van der Waals surface area contributed by atoms with E-state index in [0.29, 0.717) is 0 Å². The van der Waals surface area contributed by atoms with E-state index in [1.54, 1.807) is 12.5 Å². The van der Waals surface area contributed by atoms with Crippen molar-refractivity contribution in [1.29, 1.82) is 0 Å². The van der Waals surface area contributed by atoms with Crippen molar-refractivity contribution in [3.8, 4) is 0 Å². The van der Waals surface area contributed by atoms with E-state index in [4.69, 9.17) is 5.11 Å². The molecule has 0 unspecified atom stereocenters. The number of nitrogens with zero attached hydrogens (tertiary/aromatic N) is 2. The van der Waals surface area contributed by atoms with Crippen LogP contribution >= 0.6 is 0 Å². The number of rotatable bonds is 2. The molecule has 1 aromatic heterocycles. The van der Waals surface area contributed by atoms with Crippen LogP contribution in [0.3, 0.4) is 0 Å². The number of hydrogen-bond donors (Lipinski definition) is 1. The molecule has 0 aliphatic carbocycles. The normalized spacial score (nSPS) is 11.6. The molecule has 0 aliphatic rings. The van der Waals surface area contributed by atoms with Crippen LogP contribution in [0.1, 0.15) is 10.5 Å². The van der Waals surface area contributed by atoms with E-state index < -0.39 is 24.6 Å². The number of carbonyl (C=O) groups is 1. The van der Waals surface area contributed by atoms with Crippen LogP contribution in [0, 0.1) is 0 Å². The van der Waals surface area contributed by atoms with Gasteiger partial charge in [0, 0.05) is 0 Å². The Bertz CT molecular complexity index is 301. The summed E-state index contributed by atoms with van der Waals surface area (Å²) in [6.07, 6.45) is 3.25. The summed E-state index contributed by atoms with van der Waals surface area (Å²) >= 11 is -2.16. The van der Waals surface area contributed by atoms with E-state index in [9.17, 15) is 4.79 Å². The fourth-order valence-corrected chi connectivity index (χ4v) is 3.41. The van der Waals surface area contributed by atoms with Gasteiger partial charge in [0.2, 0.25) is 0 Å². The Morgan fingerprint density at radius 3 is 2.42 bits per heavy atom. The average Bonchev–Trinajstić information content (AvgIpc) is 2.30. The van der Waals surface area contributed by atoms with Crippen molar-refractivity contribution >= 4 is 24.6 Å². The molecule has 0 saturated heterocycles. The fraction of sp³-hybridized carbons (Fsp3) is 0.429. The number of carboxylic acids is 1. The van der Waals surface area contributed by atoms with E-state index in [0.717, 1.165) is 0 Å².